The summed E-state index contributed by atoms with van der Waals surface area (Å²) in [6, 6.07) is 0.187. The monoisotopic (exact) mass is 217 g/mol. The molecular formula is C10H19NO2S. The van der Waals surface area contributed by atoms with Gasteiger partial charge in [0.2, 0.25) is 0 Å². The van der Waals surface area contributed by atoms with Crippen LogP contribution < -0.4 is 5.32 Å². The summed E-state index contributed by atoms with van der Waals surface area (Å²) in [5, 5.41) is 3.25. The lowest BCUT2D eigenvalue weighted by atomic mass is 10.2. The molecule has 1 atom stereocenters. The van der Waals surface area contributed by atoms with Crippen molar-refractivity contribution in [2.75, 3.05) is 25.2 Å². The summed E-state index contributed by atoms with van der Waals surface area (Å²) < 4.78 is 4.57. The molecule has 0 spiro atoms. The first-order valence-electron chi connectivity index (χ1n) is 4.69. The maximum Gasteiger partial charge on any atom is 0.307 e. The van der Waals surface area contributed by atoms with E-state index in [1.165, 1.54) is 7.11 Å². The van der Waals surface area contributed by atoms with Gasteiger partial charge in [0.25, 0.3) is 0 Å². The number of methoxy groups -OCH3 is 1. The summed E-state index contributed by atoms with van der Waals surface area (Å²) in [5.74, 6) is 1.86. The van der Waals surface area contributed by atoms with Crippen LogP contribution in [0.25, 0.3) is 0 Å². The fraction of sp³-hybridized carbons (Fsp3) is 0.700. The number of esters is 1. The van der Waals surface area contributed by atoms with Gasteiger partial charge in [-0.15, -0.1) is 6.58 Å². The minimum absolute atomic E-state index is 0.163. The van der Waals surface area contributed by atoms with Gasteiger partial charge in [-0.25, -0.2) is 0 Å². The molecule has 0 heterocycles. The fourth-order valence-electron chi connectivity index (χ4n) is 0.950. The first-order valence-corrected chi connectivity index (χ1v) is 5.85. The Bertz CT molecular complexity index is 174. The molecule has 0 aliphatic carbocycles. The first-order chi connectivity index (χ1) is 6.70. The van der Waals surface area contributed by atoms with E-state index in [4.69, 9.17) is 0 Å². The number of hydrogen-bond donors (Lipinski definition) is 1. The molecule has 3 nitrogen and oxygen atoms in total. The third-order valence-corrected chi connectivity index (χ3v) is 2.64. The molecule has 0 aromatic carbocycles. The van der Waals surface area contributed by atoms with Gasteiger partial charge in [0.05, 0.1) is 13.5 Å². The molecule has 0 fully saturated rings. The second-order valence-electron chi connectivity index (χ2n) is 3.00. The number of ether oxygens (including phenoxy) is 1. The van der Waals surface area contributed by atoms with E-state index >= 15 is 0 Å². The number of rotatable bonds is 8. The van der Waals surface area contributed by atoms with Crippen LogP contribution >= 0.6 is 11.8 Å². The molecule has 1 unspecified atom stereocenters. The summed E-state index contributed by atoms with van der Waals surface area (Å²) in [6.07, 6.45) is 2.32. The number of nitrogens with one attached hydrogen (secondary N) is 1. The van der Waals surface area contributed by atoms with E-state index < -0.39 is 0 Å². The maximum absolute atomic E-state index is 10.9. The van der Waals surface area contributed by atoms with Crippen LogP contribution in [0.5, 0.6) is 0 Å². The first kappa shape index (κ1) is 13.5. The van der Waals surface area contributed by atoms with Gasteiger partial charge in [-0.05, 0) is 6.92 Å². The predicted molar refractivity (Wildman–Crippen MR) is 61.6 cm³/mol. The number of thioether (sulfide) groups is 1. The molecule has 82 valence electrons. The lowest BCUT2D eigenvalue weighted by molar-refractivity contribution is -0.141. The number of carbonyl (C=O) groups is 1. The number of hydrogen-bond acceptors (Lipinski definition) is 4. The van der Waals surface area contributed by atoms with Crippen molar-refractivity contribution in [3.05, 3.63) is 12.7 Å². The molecule has 0 aliphatic rings. The van der Waals surface area contributed by atoms with Gasteiger partial charge in [0.1, 0.15) is 0 Å². The van der Waals surface area contributed by atoms with Gasteiger partial charge >= 0.3 is 5.97 Å². The Morgan fingerprint density at radius 3 is 3.00 bits per heavy atom. The molecule has 1 N–H and O–H groups in total. The zero-order chi connectivity index (χ0) is 10.8. The standard InChI is InChI=1S/C10H19NO2S/c1-4-6-14-7-5-11-9(2)8-10(12)13-3/h4,9,11H,1,5-8H2,2-3H3. The summed E-state index contributed by atoms with van der Waals surface area (Å²) >= 11 is 1.82. The Morgan fingerprint density at radius 1 is 1.71 bits per heavy atom. The summed E-state index contributed by atoms with van der Waals surface area (Å²) in [4.78, 5) is 10.9. The summed E-state index contributed by atoms with van der Waals surface area (Å²) in [6.45, 7) is 6.54. The molecule has 0 amide bonds. The molecule has 0 saturated heterocycles. The Hall–Kier alpha value is -0.480. The Kier molecular flexibility index (Phi) is 8.78. The van der Waals surface area contributed by atoms with Crippen molar-refractivity contribution in [1.29, 1.82) is 0 Å². The summed E-state index contributed by atoms with van der Waals surface area (Å²) in [5.41, 5.74) is 0. The lowest BCUT2D eigenvalue weighted by Gasteiger charge is -2.11. The molecular weight excluding hydrogens is 198 g/mol. The zero-order valence-electron chi connectivity index (χ0n) is 8.91. The van der Waals surface area contributed by atoms with E-state index in [0.717, 1.165) is 18.1 Å². The number of carbonyl (C=O) groups excluding carboxylic acids is 1. The van der Waals surface area contributed by atoms with E-state index in [2.05, 4.69) is 16.6 Å². The predicted octanol–water partition coefficient (Wildman–Crippen LogP) is 1.45. The zero-order valence-corrected chi connectivity index (χ0v) is 9.73. The average molecular weight is 217 g/mol. The van der Waals surface area contributed by atoms with E-state index in [0.29, 0.717) is 6.42 Å². The van der Waals surface area contributed by atoms with Gasteiger partial charge in [0.15, 0.2) is 0 Å². The highest BCUT2D eigenvalue weighted by Crippen LogP contribution is 1.98. The average Bonchev–Trinajstić information content (AvgIpc) is 2.17. The van der Waals surface area contributed by atoms with Crippen molar-refractivity contribution in [2.45, 2.75) is 19.4 Å². The molecule has 0 saturated carbocycles. The highest BCUT2D eigenvalue weighted by Gasteiger charge is 2.07. The van der Waals surface area contributed by atoms with E-state index in [-0.39, 0.29) is 12.0 Å². The fourth-order valence-corrected chi connectivity index (χ4v) is 1.55. The van der Waals surface area contributed by atoms with E-state index in [1.54, 1.807) is 0 Å². The van der Waals surface area contributed by atoms with Gasteiger partial charge in [-0.1, -0.05) is 6.08 Å². The van der Waals surface area contributed by atoms with E-state index in [9.17, 15) is 4.79 Å². The van der Waals surface area contributed by atoms with Crippen LogP contribution in [0.4, 0.5) is 0 Å². The van der Waals surface area contributed by atoms with Crippen LogP contribution in [0, 0.1) is 0 Å². The molecule has 0 rings (SSSR count). The highest BCUT2D eigenvalue weighted by atomic mass is 32.2. The van der Waals surface area contributed by atoms with E-state index in [1.807, 2.05) is 24.8 Å². The molecule has 0 bridgehead atoms. The normalized spacial score (nSPS) is 12.1. The molecule has 14 heavy (non-hydrogen) atoms. The maximum atomic E-state index is 10.9. The Balaban J connectivity index is 3.30. The van der Waals surface area contributed by atoms with Crippen LogP contribution in [-0.4, -0.2) is 37.2 Å². The third-order valence-electron chi connectivity index (χ3n) is 1.68. The van der Waals surface area contributed by atoms with Crippen molar-refractivity contribution in [1.82, 2.24) is 5.32 Å². The van der Waals surface area contributed by atoms with Gasteiger partial charge in [0, 0.05) is 24.1 Å². The highest BCUT2D eigenvalue weighted by molar-refractivity contribution is 7.99. The van der Waals surface area contributed by atoms with Crippen molar-refractivity contribution in [3.8, 4) is 0 Å². The second kappa shape index (κ2) is 9.09. The van der Waals surface area contributed by atoms with Crippen LogP contribution in [0.2, 0.25) is 0 Å². The molecule has 0 aromatic rings. The Labute approximate surface area is 90.3 Å². The molecule has 0 radical (unpaired) electrons. The second-order valence-corrected chi connectivity index (χ2v) is 4.15. The van der Waals surface area contributed by atoms with Crippen LogP contribution in [0.3, 0.4) is 0 Å². The smallest absolute Gasteiger partial charge is 0.307 e. The van der Waals surface area contributed by atoms with Crippen molar-refractivity contribution in [3.63, 3.8) is 0 Å². The Morgan fingerprint density at radius 2 is 2.43 bits per heavy atom. The van der Waals surface area contributed by atoms with Crippen LogP contribution in [0.15, 0.2) is 12.7 Å². The van der Waals surface area contributed by atoms with Crippen molar-refractivity contribution < 1.29 is 9.53 Å². The van der Waals surface area contributed by atoms with Crippen LogP contribution in [-0.2, 0) is 9.53 Å². The van der Waals surface area contributed by atoms with Gasteiger partial charge in [-0.3, -0.25) is 4.79 Å². The minimum atomic E-state index is -0.163. The largest absolute Gasteiger partial charge is 0.469 e. The summed E-state index contributed by atoms with van der Waals surface area (Å²) in [7, 11) is 1.41. The van der Waals surface area contributed by atoms with Gasteiger partial charge in [-0.2, -0.15) is 11.8 Å². The van der Waals surface area contributed by atoms with Crippen molar-refractivity contribution in [2.24, 2.45) is 0 Å². The van der Waals surface area contributed by atoms with Crippen molar-refractivity contribution >= 4 is 17.7 Å². The molecule has 0 aromatic heterocycles. The molecule has 4 heteroatoms. The van der Waals surface area contributed by atoms with Crippen LogP contribution in [0.1, 0.15) is 13.3 Å². The minimum Gasteiger partial charge on any atom is -0.469 e. The SMILES string of the molecule is C=CCSCCNC(C)CC(=O)OC. The topological polar surface area (TPSA) is 38.3 Å². The molecule has 0 aliphatic heterocycles. The third kappa shape index (κ3) is 8.13. The van der Waals surface area contributed by atoms with Gasteiger partial charge < -0.3 is 10.1 Å². The quantitative estimate of drug-likeness (QED) is 0.379. The lowest BCUT2D eigenvalue weighted by Crippen LogP contribution is -2.30.